The largest absolute Gasteiger partial charge is 0.387 e. The lowest BCUT2D eigenvalue weighted by molar-refractivity contribution is 0.406. The van der Waals surface area contributed by atoms with Gasteiger partial charge in [0, 0.05) is 30.7 Å². The van der Waals surface area contributed by atoms with Crippen LogP contribution in [0.3, 0.4) is 0 Å². The molecule has 5 heteroatoms. The third-order valence-corrected chi connectivity index (χ3v) is 3.76. The zero-order valence-corrected chi connectivity index (χ0v) is 10.6. The van der Waals surface area contributed by atoms with Crippen molar-refractivity contribution in [2.45, 2.75) is 32.4 Å². The van der Waals surface area contributed by atoms with Crippen LogP contribution < -0.4 is 16.4 Å². The van der Waals surface area contributed by atoms with Gasteiger partial charge in [-0.05, 0) is 19.0 Å². The highest BCUT2D eigenvalue weighted by Gasteiger charge is 2.34. The highest BCUT2D eigenvalue weighted by molar-refractivity contribution is 6.07. The zero-order chi connectivity index (χ0) is 12.5. The molecule has 0 aromatic heterocycles. The van der Waals surface area contributed by atoms with E-state index >= 15 is 0 Å². The fourth-order valence-electron chi connectivity index (χ4n) is 2.66. The summed E-state index contributed by atoms with van der Waals surface area (Å²) in [4.78, 5) is 8.89. The van der Waals surface area contributed by atoms with Gasteiger partial charge in [0.15, 0.2) is 5.84 Å². The number of nitrogens with zero attached hydrogens (tertiary/aromatic N) is 2. The number of nitrogens with two attached hydrogens (primary N) is 1. The number of nitrogens with one attached hydrogen (secondary N) is 2. The molecule has 0 fully saturated rings. The molecule has 3 heterocycles. The van der Waals surface area contributed by atoms with Crippen molar-refractivity contribution < 1.29 is 0 Å². The summed E-state index contributed by atoms with van der Waals surface area (Å²) < 4.78 is 0. The van der Waals surface area contributed by atoms with E-state index in [0.717, 1.165) is 31.6 Å². The molecule has 0 bridgehead atoms. The molecule has 0 saturated heterocycles. The van der Waals surface area contributed by atoms with E-state index in [2.05, 4.69) is 33.7 Å². The van der Waals surface area contributed by atoms with E-state index in [4.69, 9.17) is 5.73 Å². The molecular weight excluding hydrogens is 226 g/mol. The average Bonchev–Trinajstić information content (AvgIpc) is 2.81. The van der Waals surface area contributed by atoms with Crippen LogP contribution in [0.2, 0.25) is 0 Å². The maximum atomic E-state index is 5.81. The molecule has 0 aromatic carbocycles. The number of rotatable bonds is 2. The van der Waals surface area contributed by atoms with Gasteiger partial charge < -0.3 is 16.4 Å². The Kier molecular flexibility index (Phi) is 2.81. The molecule has 4 N–H and O–H groups in total. The molecule has 0 radical (unpaired) electrons. The summed E-state index contributed by atoms with van der Waals surface area (Å²) >= 11 is 0. The number of fused-ring (bicyclic) bond motifs is 1. The van der Waals surface area contributed by atoms with Crippen molar-refractivity contribution in [3.63, 3.8) is 0 Å². The van der Waals surface area contributed by atoms with Gasteiger partial charge in [0.1, 0.15) is 12.0 Å². The third kappa shape index (κ3) is 1.89. The van der Waals surface area contributed by atoms with Gasteiger partial charge in [-0.25, -0.2) is 4.99 Å². The summed E-state index contributed by atoms with van der Waals surface area (Å²) in [6.45, 7) is 2.94. The van der Waals surface area contributed by atoms with Crippen LogP contribution in [0, 0.1) is 5.92 Å². The van der Waals surface area contributed by atoms with E-state index in [1.807, 2.05) is 6.20 Å². The maximum Gasteiger partial charge on any atom is 0.154 e. The predicted octanol–water partition coefficient (Wildman–Crippen LogP) is 0.862. The Bertz CT molecular complexity index is 472. The van der Waals surface area contributed by atoms with Gasteiger partial charge in [-0.3, -0.25) is 4.99 Å². The lowest BCUT2D eigenvalue weighted by Gasteiger charge is -2.29. The smallest absolute Gasteiger partial charge is 0.154 e. The van der Waals surface area contributed by atoms with Gasteiger partial charge in [-0.1, -0.05) is 12.5 Å². The Morgan fingerprint density at radius 3 is 3.00 bits per heavy atom. The molecule has 2 unspecified atom stereocenters. The first-order chi connectivity index (χ1) is 8.78. The second-order valence-corrected chi connectivity index (χ2v) is 4.94. The average molecular weight is 245 g/mol. The van der Waals surface area contributed by atoms with E-state index in [9.17, 15) is 0 Å². The van der Waals surface area contributed by atoms with Crippen molar-refractivity contribution in [1.82, 2.24) is 10.6 Å². The van der Waals surface area contributed by atoms with E-state index in [1.165, 1.54) is 11.1 Å². The van der Waals surface area contributed by atoms with E-state index in [-0.39, 0.29) is 6.17 Å². The predicted molar refractivity (Wildman–Crippen MR) is 73.2 cm³/mol. The molecule has 3 aliphatic heterocycles. The van der Waals surface area contributed by atoms with Crippen LogP contribution in [-0.2, 0) is 0 Å². The molecule has 18 heavy (non-hydrogen) atoms. The third-order valence-electron chi connectivity index (χ3n) is 3.76. The van der Waals surface area contributed by atoms with Crippen LogP contribution in [0.25, 0.3) is 0 Å². The minimum atomic E-state index is 0.274. The second kappa shape index (κ2) is 4.48. The van der Waals surface area contributed by atoms with Crippen LogP contribution in [0.15, 0.2) is 33.5 Å². The van der Waals surface area contributed by atoms with Crippen LogP contribution in [0.1, 0.15) is 26.2 Å². The summed E-state index contributed by atoms with van der Waals surface area (Å²) in [5.41, 5.74) is 8.44. The van der Waals surface area contributed by atoms with E-state index < -0.39 is 0 Å². The van der Waals surface area contributed by atoms with Crippen molar-refractivity contribution in [3.8, 4) is 0 Å². The molecule has 2 atom stereocenters. The Morgan fingerprint density at radius 2 is 2.22 bits per heavy atom. The molecule has 0 spiro atoms. The van der Waals surface area contributed by atoms with Crippen molar-refractivity contribution >= 4 is 11.7 Å². The first-order valence-electron chi connectivity index (χ1n) is 6.56. The summed E-state index contributed by atoms with van der Waals surface area (Å²) in [5, 5.41) is 6.76. The molecule has 3 rings (SSSR count). The van der Waals surface area contributed by atoms with Crippen LogP contribution in [0.5, 0.6) is 0 Å². The van der Waals surface area contributed by atoms with E-state index in [0.29, 0.717) is 11.8 Å². The standard InChI is InChI=1S/C13H19N5/c1-2-8-5-9-10(7-17-12(9)16-6-8)13-15-4-3-11(14)18-13/h6-7,9,12,16-17H,2-5H2,1H3,(H2,14,15,18). The van der Waals surface area contributed by atoms with Crippen LogP contribution in [0.4, 0.5) is 0 Å². The van der Waals surface area contributed by atoms with Crippen molar-refractivity contribution in [1.29, 1.82) is 0 Å². The first kappa shape index (κ1) is 11.3. The molecule has 0 aromatic rings. The van der Waals surface area contributed by atoms with Crippen LogP contribution in [-0.4, -0.2) is 24.4 Å². The van der Waals surface area contributed by atoms with Gasteiger partial charge in [0.2, 0.25) is 0 Å². The number of hydrogen-bond acceptors (Lipinski definition) is 5. The summed E-state index contributed by atoms with van der Waals surface area (Å²) in [5.74, 6) is 1.93. The Labute approximate surface area is 107 Å². The summed E-state index contributed by atoms with van der Waals surface area (Å²) in [6, 6.07) is 0. The Hall–Kier alpha value is -1.78. The normalized spacial score (nSPS) is 30.3. The number of amidine groups is 2. The Balaban J connectivity index is 1.83. The minimum absolute atomic E-state index is 0.274. The van der Waals surface area contributed by atoms with Crippen molar-refractivity contribution in [3.05, 3.63) is 23.5 Å². The van der Waals surface area contributed by atoms with Gasteiger partial charge in [0.25, 0.3) is 0 Å². The Morgan fingerprint density at radius 1 is 1.39 bits per heavy atom. The highest BCUT2D eigenvalue weighted by atomic mass is 15.1. The number of aliphatic imine (C=N–C) groups is 2. The maximum absolute atomic E-state index is 5.81. The van der Waals surface area contributed by atoms with Gasteiger partial charge in [0.05, 0.1) is 0 Å². The van der Waals surface area contributed by atoms with Gasteiger partial charge in [-0.15, -0.1) is 0 Å². The lowest BCUT2D eigenvalue weighted by Crippen LogP contribution is -2.42. The van der Waals surface area contributed by atoms with E-state index in [1.54, 1.807) is 0 Å². The quantitative estimate of drug-likeness (QED) is 0.675. The molecule has 96 valence electrons. The highest BCUT2D eigenvalue weighted by Crippen LogP contribution is 2.32. The molecule has 0 saturated carbocycles. The molecule has 0 amide bonds. The molecular formula is C13H19N5. The molecule has 3 aliphatic rings. The monoisotopic (exact) mass is 245 g/mol. The summed E-state index contributed by atoms with van der Waals surface area (Å²) in [7, 11) is 0. The fourth-order valence-corrected chi connectivity index (χ4v) is 2.66. The van der Waals surface area contributed by atoms with Crippen molar-refractivity contribution in [2.75, 3.05) is 6.54 Å². The minimum Gasteiger partial charge on any atom is -0.387 e. The summed E-state index contributed by atoms with van der Waals surface area (Å²) in [6.07, 6.45) is 7.37. The van der Waals surface area contributed by atoms with Crippen molar-refractivity contribution in [2.24, 2.45) is 21.6 Å². The van der Waals surface area contributed by atoms with Crippen LogP contribution >= 0.6 is 0 Å². The second-order valence-electron chi connectivity index (χ2n) is 4.94. The number of allylic oxidation sites excluding steroid dienone is 1. The SMILES string of the molecule is CCC1=CNC2NC=C(C3=NCCC(N)=N3)C2C1. The fraction of sp³-hybridized carbons (Fsp3) is 0.538. The van der Waals surface area contributed by atoms with Gasteiger partial charge >= 0.3 is 0 Å². The topological polar surface area (TPSA) is 74.8 Å². The number of hydrogen-bond donors (Lipinski definition) is 3. The molecule has 5 nitrogen and oxygen atoms in total. The van der Waals surface area contributed by atoms with Gasteiger partial charge in [-0.2, -0.15) is 0 Å². The zero-order valence-electron chi connectivity index (χ0n) is 10.6. The first-order valence-corrected chi connectivity index (χ1v) is 6.56. The molecule has 0 aliphatic carbocycles. The lowest BCUT2D eigenvalue weighted by atomic mass is 9.88.